The summed E-state index contributed by atoms with van der Waals surface area (Å²) in [5.41, 5.74) is 0. The monoisotopic (exact) mass is 166 g/mol. The van der Waals surface area contributed by atoms with E-state index in [1.165, 1.54) is 0 Å². The number of hydrogen-bond donors (Lipinski definition) is 4. The summed E-state index contributed by atoms with van der Waals surface area (Å²) < 4.78 is 0. The van der Waals surface area contributed by atoms with Crippen LogP contribution < -0.4 is 23.4 Å². The number of rotatable bonds is 3. The fourth-order valence-corrected chi connectivity index (χ4v) is 0.231. The summed E-state index contributed by atoms with van der Waals surface area (Å²) in [6, 6.07) is 0. The molecule has 52 valence electrons. The van der Waals surface area contributed by atoms with E-state index in [0.29, 0.717) is 13.1 Å². The second-order valence-corrected chi connectivity index (χ2v) is 1.48. The molecular formula is C2H12N6Na2. The van der Waals surface area contributed by atoms with Crippen molar-refractivity contribution in [1.29, 1.82) is 0 Å². The maximum absolute atomic E-state index is 5.01. The van der Waals surface area contributed by atoms with Gasteiger partial charge in [-0.05, 0) is 0 Å². The average molecular weight is 166 g/mol. The molecule has 0 amide bonds. The van der Waals surface area contributed by atoms with Gasteiger partial charge in [0.1, 0.15) is 0 Å². The fraction of sp³-hybridized carbons (Fsp3) is 1.00. The SMILES string of the molecule is NN(N)CCN(N)N.[Na].[Na]. The Morgan fingerprint density at radius 2 is 0.900 bits per heavy atom. The summed E-state index contributed by atoms with van der Waals surface area (Å²) in [5, 5.41) is 2.04. The number of nitrogens with zero attached hydrogens (tertiary/aromatic N) is 2. The minimum absolute atomic E-state index is 0. The molecule has 0 aromatic carbocycles. The molecule has 0 aliphatic carbocycles. The van der Waals surface area contributed by atoms with Crippen molar-refractivity contribution >= 4 is 59.1 Å². The van der Waals surface area contributed by atoms with Crippen LogP contribution in [-0.2, 0) is 0 Å². The molecule has 0 atom stereocenters. The Morgan fingerprint density at radius 1 is 0.700 bits per heavy atom. The largest absolute Gasteiger partial charge is 0.255 e. The van der Waals surface area contributed by atoms with Crippen molar-refractivity contribution < 1.29 is 0 Å². The van der Waals surface area contributed by atoms with Gasteiger partial charge in [-0.2, -0.15) is 10.2 Å². The molecule has 8 heteroatoms. The van der Waals surface area contributed by atoms with Crippen LogP contribution in [0.25, 0.3) is 0 Å². The predicted molar refractivity (Wildman–Crippen MR) is 41.7 cm³/mol. The average Bonchev–Trinajstić information content (AvgIpc) is 1.61. The summed E-state index contributed by atoms with van der Waals surface area (Å²) in [6.07, 6.45) is 0. The van der Waals surface area contributed by atoms with E-state index in [1.807, 2.05) is 0 Å². The molecule has 0 saturated heterocycles. The summed E-state index contributed by atoms with van der Waals surface area (Å²) in [4.78, 5) is 0. The topological polar surface area (TPSA) is 111 Å². The fourth-order valence-electron chi connectivity index (χ4n) is 0.231. The number of nitrogens with two attached hydrogens (primary N) is 4. The van der Waals surface area contributed by atoms with Gasteiger partial charge in [0, 0.05) is 72.2 Å². The first-order chi connectivity index (χ1) is 3.63. The van der Waals surface area contributed by atoms with E-state index in [9.17, 15) is 0 Å². The molecule has 0 saturated carbocycles. The van der Waals surface area contributed by atoms with Crippen molar-refractivity contribution in [2.75, 3.05) is 13.1 Å². The summed E-state index contributed by atoms with van der Waals surface area (Å²) >= 11 is 0. The van der Waals surface area contributed by atoms with Crippen LogP contribution in [0.4, 0.5) is 0 Å². The van der Waals surface area contributed by atoms with Crippen LogP contribution in [-0.4, -0.2) is 82.4 Å². The number of hydrogen-bond acceptors (Lipinski definition) is 6. The first kappa shape index (κ1) is 17.7. The first-order valence-electron chi connectivity index (χ1n) is 2.17. The first-order valence-corrected chi connectivity index (χ1v) is 2.17. The third-order valence-electron chi connectivity index (χ3n) is 0.616. The molecule has 0 bridgehead atoms. The predicted octanol–water partition coefficient (Wildman–Crippen LogP) is -3.68. The van der Waals surface area contributed by atoms with Crippen molar-refractivity contribution in [3.05, 3.63) is 0 Å². The third-order valence-corrected chi connectivity index (χ3v) is 0.616. The molecule has 6 nitrogen and oxygen atoms in total. The molecule has 0 heterocycles. The van der Waals surface area contributed by atoms with Crippen LogP contribution >= 0.6 is 0 Å². The van der Waals surface area contributed by atoms with Crippen molar-refractivity contribution in [3.63, 3.8) is 0 Å². The Labute approximate surface area is 105 Å². The van der Waals surface area contributed by atoms with E-state index >= 15 is 0 Å². The molecule has 0 aliphatic heterocycles. The second-order valence-electron chi connectivity index (χ2n) is 1.48. The minimum Gasteiger partial charge on any atom is -0.255 e. The number of hydrazine groups is 4. The van der Waals surface area contributed by atoms with Gasteiger partial charge in [0.25, 0.3) is 0 Å². The third kappa shape index (κ3) is 16.4. The Hall–Kier alpha value is 1.76. The van der Waals surface area contributed by atoms with Gasteiger partial charge < -0.3 is 0 Å². The normalized spacial score (nSPS) is 9.00. The summed E-state index contributed by atoms with van der Waals surface area (Å²) in [5.74, 6) is 20.1. The zero-order valence-corrected chi connectivity index (χ0v) is 10.6. The van der Waals surface area contributed by atoms with Crippen molar-refractivity contribution in [2.45, 2.75) is 0 Å². The molecule has 0 rings (SSSR count). The zero-order chi connectivity index (χ0) is 6.57. The second kappa shape index (κ2) is 10.8. The maximum Gasteiger partial charge on any atom is 0.0439 e. The van der Waals surface area contributed by atoms with Gasteiger partial charge in [0.05, 0.1) is 0 Å². The van der Waals surface area contributed by atoms with E-state index in [1.54, 1.807) is 0 Å². The minimum atomic E-state index is 0. The quantitative estimate of drug-likeness (QED) is 0.195. The molecule has 0 aromatic heterocycles. The van der Waals surface area contributed by atoms with E-state index in [4.69, 9.17) is 23.4 Å². The van der Waals surface area contributed by atoms with E-state index in [2.05, 4.69) is 0 Å². The van der Waals surface area contributed by atoms with Gasteiger partial charge in [-0.1, -0.05) is 0 Å². The summed E-state index contributed by atoms with van der Waals surface area (Å²) in [6.45, 7) is 0.903. The van der Waals surface area contributed by atoms with Gasteiger partial charge in [0.2, 0.25) is 0 Å². The Balaban J connectivity index is -0.000000245. The van der Waals surface area contributed by atoms with Crippen molar-refractivity contribution in [2.24, 2.45) is 23.4 Å². The van der Waals surface area contributed by atoms with Gasteiger partial charge in [0.15, 0.2) is 0 Å². The van der Waals surface area contributed by atoms with Crippen LogP contribution in [0.1, 0.15) is 0 Å². The van der Waals surface area contributed by atoms with Crippen LogP contribution in [0, 0.1) is 0 Å². The Bertz CT molecular complexity index is 49.7. The van der Waals surface area contributed by atoms with Crippen LogP contribution in [0.2, 0.25) is 0 Å². The zero-order valence-electron chi connectivity index (χ0n) is 6.62. The van der Waals surface area contributed by atoms with Gasteiger partial charge >= 0.3 is 0 Å². The molecule has 0 fully saturated rings. The van der Waals surface area contributed by atoms with E-state index in [0.717, 1.165) is 10.2 Å². The van der Waals surface area contributed by atoms with Gasteiger partial charge in [-0.15, -0.1) is 0 Å². The Kier molecular flexibility index (Phi) is 19.1. The van der Waals surface area contributed by atoms with Crippen LogP contribution in [0.15, 0.2) is 0 Å². The maximum atomic E-state index is 5.01. The van der Waals surface area contributed by atoms with E-state index in [-0.39, 0.29) is 59.1 Å². The molecule has 8 N–H and O–H groups in total. The molecule has 2 radical (unpaired) electrons. The van der Waals surface area contributed by atoms with Gasteiger partial charge in [-0.25, -0.2) is 0 Å². The molecule has 0 aliphatic rings. The molecule has 10 heavy (non-hydrogen) atoms. The standard InChI is InChI=1S/C2H12N6.2Na/c3-7(4)1-2-8(5)6;;/h1-6H2;;. The molecular weight excluding hydrogens is 154 g/mol. The van der Waals surface area contributed by atoms with Gasteiger partial charge in [-0.3, -0.25) is 23.4 Å². The van der Waals surface area contributed by atoms with Crippen LogP contribution in [0.5, 0.6) is 0 Å². The van der Waals surface area contributed by atoms with Crippen molar-refractivity contribution in [3.8, 4) is 0 Å². The molecule has 0 spiro atoms. The molecule has 0 aromatic rings. The van der Waals surface area contributed by atoms with Crippen LogP contribution in [0.3, 0.4) is 0 Å². The van der Waals surface area contributed by atoms with Crippen molar-refractivity contribution in [1.82, 2.24) is 10.2 Å². The smallest absolute Gasteiger partial charge is 0.0439 e. The van der Waals surface area contributed by atoms with E-state index < -0.39 is 0 Å². The Morgan fingerprint density at radius 3 is 1.00 bits per heavy atom. The summed E-state index contributed by atoms with van der Waals surface area (Å²) in [7, 11) is 0. The molecule has 0 unspecified atom stereocenters.